The highest BCUT2D eigenvalue weighted by molar-refractivity contribution is 5.15. The van der Waals surface area contributed by atoms with Gasteiger partial charge in [-0.05, 0) is 13.3 Å². The van der Waals surface area contributed by atoms with Crippen molar-refractivity contribution in [3.63, 3.8) is 0 Å². The van der Waals surface area contributed by atoms with Crippen LogP contribution in [0.25, 0.3) is 0 Å². The first-order valence-electron chi connectivity index (χ1n) is 5.77. The summed E-state index contributed by atoms with van der Waals surface area (Å²) >= 11 is 0. The van der Waals surface area contributed by atoms with Gasteiger partial charge in [0.15, 0.2) is 6.23 Å². The number of nitrogens with zero attached hydrogens (tertiary/aromatic N) is 1. The quantitative estimate of drug-likeness (QED) is 0.595. The molecule has 3 N–H and O–H groups in total. The van der Waals surface area contributed by atoms with E-state index in [2.05, 4.69) is 4.98 Å². The summed E-state index contributed by atoms with van der Waals surface area (Å²) in [5.74, 6) is -0.147. The van der Waals surface area contributed by atoms with Crippen molar-refractivity contribution in [2.45, 2.75) is 31.3 Å². The molecule has 18 heavy (non-hydrogen) atoms. The first-order valence-corrected chi connectivity index (χ1v) is 5.77. The molecule has 2 heterocycles. The summed E-state index contributed by atoms with van der Waals surface area (Å²) < 4.78 is 6.76. The molecule has 0 spiro atoms. The van der Waals surface area contributed by atoms with Crippen molar-refractivity contribution >= 4 is 0 Å². The third kappa shape index (κ3) is 1.41. The predicted molar refractivity (Wildman–Crippen MR) is 60.1 cm³/mol. The van der Waals surface area contributed by atoms with E-state index in [1.807, 2.05) is 0 Å². The zero-order chi connectivity index (χ0) is 13.1. The van der Waals surface area contributed by atoms with E-state index >= 15 is 0 Å². The van der Waals surface area contributed by atoms with Crippen LogP contribution in [-0.2, 0) is 4.74 Å². The molecule has 0 radical (unpaired) electrons. The highest BCUT2D eigenvalue weighted by atomic mass is 16.6. The van der Waals surface area contributed by atoms with Gasteiger partial charge in [-0.15, -0.1) is 0 Å². The number of hydrogen-bond donors (Lipinski definition) is 3. The van der Waals surface area contributed by atoms with Gasteiger partial charge in [0, 0.05) is 17.7 Å². The van der Waals surface area contributed by atoms with Crippen LogP contribution >= 0.6 is 0 Å². The van der Waals surface area contributed by atoms with Gasteiger partial charge in [0.05, 0.1) is 12.2 Å². The van der Waals surface area contributed by atoms with Crippen molar-refractivity contribution in [3.8, 4) is 0 Å². The van der Waals surface area contributed by atoms with E-state index in [9.17, 15) is 19.8 Å². The van der Waals surface area contributed by atoms with Gasteiger partial charge < -0.3 is 14.9 Å². The van der Waals surface area contributed by atoms with E-state index < -0.39 is 29.2 Å². The Kier molecular flexibility index (Phi) is 2.28. The van der Waals surface area contributed by atoms with Gasteiger partial charge in [0.25, 0.3) is 5.56 Å². The lowest BCUT2D eigenvalue weighted by molar-refractivity contribution is -0.0928. The van der Waals surface area contributed by atoms with Gasteiger partial charge in [0.2, 0.25) is 0 Å². The number of fused-ring (bicyclic) bond motifs is 1. The van der Waals surface area contributed by atoms with Crippen molar-refractivity contribution in [2.24, 2.45) is 5.92 Å². The molecule has 98 valence electrons. The first-order chi connectivity index (χ1) is 8.48. The summed E-state index contributed by atoms with van der Waals surface area (Å²) in [6, 6.07) is 0. The Morgan fingerprint density at radius 2 is 2.33 bits per heavy atom. The van der Waals surface area contributed by atoms with Crippen LogP contribution in [0.4, 0.5) is 0 Å². The minimum absolute atomic E-state index is 0.147. The van der Waals surface area contributed by atoms with Crippen molar-refractivity contribution in [1.82, 2.24) is 9.55 Å². The molecule has 7 nitrogen and oxygen atoms in total. The second-order valence-corrected chi connectivity index (χ2v) is 5.01. The van der Waals surface area contributed by atoms with Crippen LogP contribution in [-0.4, -0.2) is 38.1 Å². The standard InChI is InChI=1S/C11H14N2O5/c1-5-3-13(10(17)12-8(5)16)9-7(15)6-2-11(6,4-14)18-9/h3,6-7,9,14-15H,2,4H2,1H3,(H,12,16,17)/t6-,7-,9+,11+/m0/s1. The summed E-state index contributed by atoms with van der Waals surface area (Å²) in [5, 5.41) is 19.3. The number of aliphatic hydroxyl groups is 2. The topological polar surface area (TPSA) is 105 Å². The second-order valence-electron chi connectivity index (χ2n) is 5.01. The number of H-pyrrole nitrogens is 1. The van der Waals surface area contributed by atoms with Crippen molar-refractivity contribution < 1.29 is 14.9 Å². The molecule has 1 aliphatic heterocycles. The van der Waals surface area contributed by atoms with Crippen LogP contribution < -0.4 is 11.2 Å². The molecule has 7 heteroatoms. The maximum Gasteiger partial charge on any atom is 0.330 e. The molecule has 2 aliphatic rings. The largest absolute Gasteiger partial charge is 0.393 e. The maximum absolute atomic E-state index is 11.7. The third-order valence-electron chi connectivity index (χ3n) is 3.83. The molecule has 1 aliphatic carbocycles. The summed E-state index contributed by atoms with van der Waals surface area (Å²) in [4.78, 5) is 25.1. The van der Waals surface area contributed by atoms with E-state index in [1.165, 1.54) is 10.8 Å². The maximum atomic E-state index is 11.7. The van der Waals surface area contributed by atoms with Gasteiger partial charge in [0.1, 0.15) is 6.10 Å². The fourth-order valence-electron chi connectivity index (χ4n) is 2.61. The Hall–Kier alpha value is -1.44. The molecule has 4 atom stereocenters. The average molecular weight is 254 g/mol. The first kappa shape index (κ1) is 11.6. The zero-order valence-corrected chi connectivity index (χ0v) is 9.79. The normalized spacial score (nSPS) is 37.6. The number of rotatable bonds is 2. The molecular weight excluding hydrogens is 240 g/mol. The lowest BCUT2D eigenvalue weighted by Crippen LogP contribution is -2.37. The Morgan fingerprint density at radius 1 is 1.61 bits per heavy atom. The molecule has 1 aromatic rings. The number of hydrogen-bond acceptors (Lipinski definition) is 5. The zero-order valence-electron chi connectivity index (χ0n) is 9.79. The molecule has 2 fully saturated rings. The number of aromatic amines is 1. The van der Waals surface area contributed by atoms with Crippen LogP contribution in [0.15, 0.2) is 15.8 Å². The Balaban J connectivity index is 2.00. The van der Waals surface area contributed by atoms with E-state index in [0.717, 1.165) is 0 Å². The molecule has 1 aromatic heterocycles. The monoisotopic (exact) mass is 254 g/mol. The molecule has 0 bridgehead atoms. The van der Waals surface area contributed by atoms with Crippen molar-refractivity contribution in [1.29, 1.82) is 0 Å². The molecule has 0 amide bonds. The van der Waals surface area contributed by atoms with E-state index in [4.69, 9.17) is 4.74 Å². The van der Waals surface area contributed by atoms with Gasteiger partial charge in [-0.1, -0.05) is 0 Å². The Morgan fingerprint density at radius 3 is 2.94 bits per heavy atom. The highest BCUT2D eigenvalue weighted by Gasteiger charge is 2.67. The van der Waals surface area contributed by atoms with E-state index in [-0.39, 0.29) is 12.5 Å². The van der Waals surface area contributed by atoms with Crippen LogP contribution in [0.2, 0.25) is 0 Å². The molecule has 3 rings (SSSR count). The van der Waals surface area contributed by atoms with Gasteiger partial charge >= 0.3 is 5.69 Å². The molecule has 0 aromatic carbocycles. The fourth-order valence-corrected chi connectivity index (χ4v) is 2.61. The highest BCUT2D eigenvalue weighted by Crippen LogP contribution is 2.58. The van der Waals surface area contributed by atoms with Gasteiger partial charge in [-0.3, -0.25) is 14.3 Å². The average Bonchev–Trinajstić information content (AvgIpc) is 2.99. The fraction of sp³-hybridized carbons (Fsp3) is 0.636. The van der Waals surface area contributed by atoms with E-state index in [0.29, 0.717) is 12.0 Å². The van der Waals surface area contributed by atoms with Gasteiger partial charge in [-0.25, -0.2) is 4.79 Å². The molecule has 1 saturated carbocycles. The second kappa shape index (κ2) is 3.53. The number of ether oxygens (including phenoxy) is 1. The van der Waals surface area contributed by atoms with Crippen LogP contribution in [0, 0.1) is 12.8 Å². The Labute approximate surface area is 102 Å². The Bertz CT molecular complexity index is 606. The number of nitrogens with one attached hydrogen (secondary N) is 1. The molecule has 1 saturated heterocycles. The van der Waals surface area contributed by atoms with Crippen LogP contribution in [0.5, 0.6) is 0 Å². The lowest BCUT2D eigenvalue weighted by atomic mass is 10.2. The number of aryl methyl sites for hydroxylation is 1. The number of aliphatic hydroxyl groups excluding tert-OH is 2. The van der Waals surface area contributed by atoms with Gasteiger partial charge in [-0.2, -0.15) is 0 Å². The molecular formula is C11H14N2O5. The summed E-state index contributed by atoms with van der Waals surface area (Å²) in [5.41, 5.74) is -1.42. The smallest absolute Gasteiger partial charge is 0.330 e. The summed E-state index contributed by atoms with van der Waals surface area (Å²) in [7, 11) is 0. The van der Waals surface area contributed by atoms with E-state index in [1.54, 1.807) is 6.92 Å². The lowest BCUT2D eigenvalue weighted by Gasteiger charge is -2.21. The van der Waals surface area contributed by atoms with Crippen LogP contribution in [0.3, 0.4) is 0 Å². The number of aromatic nitrogens is 2. The molecule has 0 unspecified atom stereocenters. The third-order valence-corrected chi connectivity index (χ3v) is 3.83. The minimum atomic E-state index is -0.848. The summed E-state index contributed by atoms with van der Waals surface area (Å²) in [6.07, 6.45) is 0.266. The van der Waals surface area contributed by atoms with Crippen molar-refractivity contribution in [3.05, 3.63) is 32.6 Å². The van der Waals surface area contributed by atoms with Crippen molar-refractivity contribution in [2.75, 3.05) is 6.61 Å². The summed E-state index contributed by atoms with van der Waals surface area (Å²) in [6.45, 7) is 1.39. The minimum Gasteiger partial charge on any atom is -0.393 e. The van der Waals surface area contributed by atoms with Crippen LogP contribution in [0.1, 0.15) is 18.2 Å². The SMILES string of the molecule is Cc1cn([C@@H]2O[C@@]3(CO)C[C@H]3[C@@H]2O)c(=O)[nH]c1=O. The predicted octanol–water partition coefficient (Wildman–Crippen LogP) is -1.51.